The van der Waals surface area contributed by atoms with Crippen LogP contribution in [0.3, 0.4) is 0 Å². The number of rotatable bonds is 1. The quantitative estimate of drug-likeness (QED) is 0.505. The zero-order valence-electron chi connectivity index (χ0n) is 5.31. The highest BCUT2D eigenvalue weighted by Gasteiger charge is 2.21. The molecule has 46 valence electrons. The summed E-state index contributed by atoms with van der Waals surface area (Å²) in [6.07, 6.45) is 4.18. The van der Waals surface area contributed by atoms with Crippen molar-refractivity contribution in [3.63, 3.8) is 0 Å². The summed E-state index contributed by atoms with van der Waals surface area (Å²) in [5.41, 5.74) is 0. The van der Waals surface area contributed by atoms with Crippen LogP contribution in [0, 0.1) is 5.92 Å². The maximum Gasteiger partial charge on any atom is 0.135 e. The molecule has 0 heterocycles. The maximum atomic E-state index is 10.8. The fourth-order valence-corrected chi connectivity index (χ4v) is 1.32. The van der Waals surface area contributed by atoms with Gasteiger partial charge in [-0.1, -0.05) is 6.92 Å². The lowest BCUT2D eigenvalue weighted by atomic mass is 10.1. The van der Waals surface area contributed by atoms with Gasteiger partial charge in [-0.25, -0.2) is 0 Å². The zero-order chi connectivity index (χ0) is 5.98. The molecule has 0 aromatic carbocycles. The largest absolute Gasteiger partial charge is 0.299 e. The summed E-state index contributed by atoms with van der Waals surface area (Å²) in [7, 11) is 0. The van der Waals surface area contributed by atoms with Crippen LogP contribution in [0.15, 0.2) is 0 Å². The number of ketones is 1. The van der Waals surface area contributed by atoms with Gasteiger partial charge in [-0.05, 0) is 19.3 Å². The van der Waals surface area contributed by atoms with Gasteiger partial charge in [0.1, 0.15) is 5.78 Å². The van der Waals surface area contributed by atoms with E-state index in [1.807, 2.05) is 0 Å². The second kappa shape index (κ2) is 2.29. The van der Waals surface area contributed by atoms with Crippen molar-refractivity contribution >= 4 is 5.78 Å². The molecule has 0 spiro atoms. The molecule has 1 aliphatic carbocycles. The lowest BCUT2D eigenvalue weighted by molar-refractivity contribution is -0.120. The molecule has 1 fully saturated rings. The van der Waals surface area contributed by atoms with Crippen molar-refractivity contribution in [3.8, 4) is 0 Å². The monoisotopic (exact) mass is 112 g/mol. The van der Waals surface area contributed by atoms with Crippen LogP contribution in [0.25, 0.3) is 0 Å². The minimum Gasteiger partial charge on any atom is -0.299 e. The summed E-state index contributed by atoms with van der Waals surface area (Å²) in [6.45, 7) is 2.09. The second-order valence-electron chi connectivity index (χ2n) is 2.46. The van der Waals surface area contributed by atoms with E-state index in [-0.39, 0.29) is 0 Å². The fourth-order valence-electron chi connectivity index (χ4n) is 1.32. The summed E-state index contributed by atoms with van der Waals surface area (Å²) in [5, 5.41) is 0. The highest BCUT2D eigenvalue weighted by molar-refractivity contribution is 5.82. The van der Waals surface area contributed by atoms with Crippen molar-refractivity contribution in [2.75, 3.05) is 0 Å². The first-order valence-electron chi connectivity index (χ1n) is 3.37. The highest BCUT2D eigenvalue weighted by Crippen LogP contribution is 2.23. The molecule has 0 radical (unpaired) electrons. The molecule has 0 bridgehead atoms. The summed E-state index contributed by atoms with van der Waals surface area (Å²) < 4.78 is 0. The molecule has 1 saturated carbocycles. The first kappa shape index (κ1) is 5.80. The van der Waals surface area contributed by atoms with Crippen LogP contribution in [-0.2, 0) is 4.79 Å². The van der Waals surface area contributed by atoms with Crippen molar-refractivity contribution in [2.24, 2.45) is 5.92 Å². The number of hydrogen-bond donors (Lipinski definition) is 0. The number of Topliss-reactive ketones (excluding diaryl/α,β-unsaturated/α-hetero) is 1. The minimum atomic E-state index is 0.426. The van der Waals surface area contributed by atoms with Crippen LogP contribution < -0.4 is 0 Å². The van der Waals surface area contributed by atoms with Crippen LogP contribution in [0.5, 0.6) is 0 Å². The molecular weight excluding hydrogens is 100 g/mol. The van der Waals surface area contributed by atoms with Gasteiger partial charge in [0, 0.05) is 12.3 Å². The van der Waals surface area contributed by atoms with Crippen molar-refractivity contribution in [3.05, 3.63) is 0 Å². The van der Waals surface area contributed by atoms with E-state index < -0.39 is 0 Å². The Morgan fingerprint density at radius 2 is 2.50 bits per heavy atom. The van der Waals surface area contributed by atoms with Gasteiger partial charge in [0.05, 0.1) is 0 Å². The zero-order valence-corrected chi connectivity index (χ0v) is 5.31. The van der Waals surface area contributed by atoms with Crippen molar-refractivity contribution in [2.45, 2.75) is 32.6 Å². The number of carbonyl (C=O) groups excluding carboxylic acids is 1. The Kier molecular flexibility index (Phi) is 1.66. The molecule has 1 aliphatic rings. The van der Waals surface area contributed by atoms with E-state index in [9.17, 15) is 4.79 Å². The van der Waals surface area contributed by atoms with Crippen LogP contribution in [0.1, 0.15) is 32.6 Å². The molecule has 0 amide bonds. The third kappa shape index (κ3) is 0.908. The molecule has 8 heavy (non-hydrogen) atoms. The standard InChI is InChI=1S/C7H12O/c1-2-6-4-3-5-7(6)8/h6H,2-5H2,1H3/t6-/m0/s1. The molecule has 1 heteroatoms. The molecule has 1 atom stereocenters. The average Bonchev–Trinajstić information content (AvgIpc) is 2.14. The van der Waals surface area contributed by atoms with Gasteiger partial charge in [0.25, 0.3) is 0 Å². The Labute approximate surface area is 50.1 Å². The van der Waals surface area contributed by atoms with Gasteiger partial charge in [-0.15, -0.1) is 0 Å². The van der Waals surface area contributed by atoms with Crippen molar-refractivity contribution in [1.29, 1.82) is 0 Å². The molecule has 0 N–H and O–H groups in total. The lowest BCUT2D eigenvalue weighted by Crippen LogP contribution is -2.03. The van der Waals surface area contributed by atoms with E-state index in [1.54, 1.807) is 0 Å². The third-order valence-electron chi connectivity index (χ3n) is 1.92. The molecule has 0 saturated heterocycles. The third-order valence-corrected chi connectivity index (χ3v) is 1.92. The fraction of sp³-hybridized carbons (Fsp3) is 0.857. The van der Waals surface area contributed by atoms with E-state index in [0.29, 0.717) is 11.7 Å². The van der Waals surface area contributed by atoms with E-state index in [1.165, 1.54) is 0 Å². The lowest BCUT2D eigenvalue weighted by Gasteiger charge is -1.98. The van der Waals surface area contributed by atoms with Gasteiger partial charge < -0.3 is 0 Å². The maximum absolute atomic E-state index is 10.8. The summed E-state index contributed by atoms with van der Waals surface area (Å²) in [6, 6.07) is 0. The molecule has 0 aliphatic heterocycles. The number of carbonyl (C=O) groups is 1. The first-order chi connectivity index (χ1) is 3.84. The molecule has 0 unspecified atom stereocenters. The predicted octanol–water partition coefficient (Wildman–Crippen LogP) is 1.77. The predicted molar refractivity (Wildman–Crippen MR) is 32.6 cm³/mol. The Bertz CT molecular complexity index is 96.6. The summed E-state index contributed by atoms with van der Waals surface area (Å²) in [5.74, 6) is 0.919. The highest BCUT2D eigenvalue weighted by atomic mass is 16.1. The smallest absolute Gasteiger partial charge is 0.135 e. The van der Waals surface area contributed by atoms with Gasteiger partial charge in [-0.2, -0.15) is 0 Å². The normalized spacial score (nSPS) is 29.1. The molecular formula is C7H12O. The average molecular weight is 112 g/mol. The SMILES string of the molecule is CC[C@H]1CCCC1=O. The van der Waals surface area contributed by atoms with E-state index in [2.05, 4.69) is 6.92 Å². The second-order valence-corrected chi connectivity index (χ2v) is 2.46. The van der Waals surface area contributed by atoms with Crippen LogP contribution in [0.2, 0.25) is 0 Å². The van der Waals surface area contributed by atoms with Crippen LogP contribution in [0.4, 0.5) is 0 Å². The number of hydrogen-bond acceptors (Lipinski definition) is 1. The summed E-state index contributed by atoms with van der Waals surface area (Å²) in [4.78, 5) is 10.8. The Morgan fingerprint density at radius 3 is 2.75 bits per heavy atom. The van der Waals surface area contributed by atoms with Crippen LogP contribution >= 0.6 is 0 Å². The first-order valence-corrected chi connectivity index (χ1v) is 3.37. The van der Waals surface area contributed by atoms with Gasteiger partial charge >= 0.3 is 0 Å². The molecule has 0 aromatic rings. The van der Waals surface area contributed by atoms with Gasteiger partial charge in [0.15, 0.2) is 0 Å². The Morgan fingerprint density at radius 1 is 1.75 bits per heavy atom. The van der Waals surface area contributed by atoms with Crippen LogP contribution in [-0.4, -0.2) is 5.78 Å². The van der Waals surface area contributed by atoms with Crippen molar-refractivity contribution < 1.29 is 4.79 Å². The molecule has 1 nitrogen and oxygen atoms in total. The molecule has 0 aromatic heterocycles. The van der Waals surface area contributed by atoms with Gasteiger partial charge in [-0.3, -0.25) is 4.79 Å². The van der Waals surface area contributed by atoms with Gasteiger partial charge in [0.2, 0.25) is 0 Å². The summed E-state index contributed by atoms with van der Waals surface area (Å²) >= 11 is 0. The van der Waals surface area contributed by atoms with E-state index in [0.717, 1.165) is 25.7 Å². The molecule has 1 rings (SSSR count). The van der Waals surface area contributed by atoms with Crippen molar-refractivity contribution in [1.82, 2.24) is 0 Å². The van der Waals surface area contributed by atoms with E-state index >= 15 is 0 Å². The van der Waals surface area contributed by atoms with E-state index in [4.69, 9.17) is 0 Å². The topological polar surface area (TPSA) is 17.1 Å². The minimum absolute atomic E-state index is 0.426. The Hall–Kier alpha value is -0.330. The Balaban J connectivity index is 2.42.